The minimum atomic E-state index is -0.131. The van der Waals surface area contributed by atoms with E-state index in [1.165, 1.54) is 37.4 Å². The second kappa shape index (κ2) is 8.58. The topological polar surface area (TPSA) is 79.9 Å². The van der Waals surface area contributed by atoms with E-state index in [0.717, 1.165) is 12.2 Å². The van der Waals surface area contributed by atoms with E-state index in [0.29, 0.717) is 27.5 Å². The van der Waals surface area contributed by atoms with Crippen molar-refractivity contribution in [2.75, 3.05) is 18.2 Å². The third kappa shape index (κ3) is 5.12. The highest BCUT2D eigenvalue weighted by molar-refractivity contribution is 7.99. The number of ether oxygens (including phenoxy) is 1. The smallest absolute Gasteiger partial charge is 0.234 e. The molecule has 134 valence electrons. The zero-order valence-corrected chi connectivity index (χ0v) is 15.6. The van der Waals surface area contributed by atoms with Crippen molar-refractivity contribution in [2.24, 2.45) is 5.92 Å². The molecule has 6 nitrogen and oxygen atoms in total. The Kier molecular flexibility index (Phi) is 6.20. The fraction of sp³-hybridized carbons (Fsp3) is 0.471. The van der Waals surface area contributed by atoms with Crippen LogP contribution in [0.4, 0.5) is 5.69 Å². The largest absolute Gasteiger partial charge is 0.495 e. The summed E-state index contributed by atoms with van der Waals surface area (Å²) in [5, 5.41) is 11.0. The van der Waals surface area contributed by atoms with Gasteiger partial charge in [-0.3, -0.25) is 9.89 Å². The molecule has 1 saturated carbocycles. The first-order chi connectivity index (χ1) is 12.1. The number of amides is 1. The van der Waals surface area contributed by atoms with Gasteiger partial charge in [-0.1, -0.05) is 49.0 Å². The van der Waals surface area contributed by atoms with Crippen LogP contribution < -0.4 is 10.1 Å². The van der Waals surface area contributed by atoms with Gasteiger partial charge in [0.15, 0.2) is 0 Å². The zero-order valence-electron chi connectivity index (χ0n) is 14.0. The number of nitrogens with zero attached hydrogens (tertiary/aromatic N) is 2. The van der Waals surface area contributed by atoms with Gasteiger partial charge in [-0.2, -0.15) is 0 Å². The standard InChI is InChI=1S/C17H21ClN4O2S/c1-24-14-7-6-12(9-13(14)18)19-16(23)10-25-17-20-15(21-22-17)8-11-4-2-3-5-11/h6-7,9,11H,2-5,8,10H2,1H3,(H,19,23)(H,20,21,22). The second-order valence-electron chi connectivity index (χ2n) is 6.11. The SMILES string of the molecule is COc1ccc(NC(=O)CSc2n[nH]c(CC3CCCC3)n2)cc1Cl. The number of halogens is 1. The third-order valence-corrected chi connectivity index (χ3v) is 5.38. The van der Waals surface area contributed by atoms with Gasteiger partial charge >= 0.3 is 0 Å². The van der Waals surface area contributed by atoms with E-state index < -0.39 is 0 Å². The number of thioether (sulfide) groups is 1. The Morgan fingerprint density at radius 2 is 2.24 bits per heavy atom. The van der Waals surface area contributed by atoms with E-state index in [9.17, 15) is 4.79 Å². The molecule has 8 heteroatoms. The molecule has 0 radical (unpaired) electrons. The molecule has 1 aromatic heterocycles. The Hall–Kier alpha value is -1.73. The number of aromatic nitrogens is 3. The number of rotatable bonds is 7. The summed E-state index contributed by atoms with van der Waals surface area (Å²) < 4.78 is 5.09. The van der Waals surface area contributed by atoms with Crippen LogP contribution in [0.1, 0.15) is 31.5 Å². The quantitative estimate of drug-likeness (QED) is 0.711. The summed E-state index contributed by atoms with van der Waals surface area (Å²) in [6.07, 6.45) is 6.13. The average molecular weight is 381 g/mol. The van der Waals surface area contributed by atoms with Crippen molar-refractivity contribution in [3.05, 3.63) is 29.0 Å². The fourth-order valence-corrected chi connectivity index (χ4v) is 3.87. The highest BCUT2D eigenvalue weighted by Gasteiger charge is 2.17. The highest BCUT2D eigenvalue weighted by atomic mass is 35.5. The molecule has 1 heterocycles. The Balaban J connectivity index is 1.47. The van der Waals surface area contributed by atoms with Gasteiger partial charge in [0.25, 0.3) is 0 Å². The highest BCUT2D eigenvalue weighted by Crippen LogP contribution is 2.28. The van der Waals surface area contributed by atoms with Crippen LogP contribution in [0.25, 0.3) is 0 Å². The molecule has 3 rings (SSSR count). The van der Waals surface area contributed by atoms with Crippen molar-refractivity contribution in [1.29, 1.82) is 0 Å². The molecule has 2 N–H and O–H groups in total. The van der Waals surface area contributed by atoms with Gasteiger partial charge in [0.1, 0.15) is 11.6 Å². The van der Waals surface area contributed by atoms with Gasteiger partial charge in [-0.25, -0.2) is 4.98 Å². The van der Waals surface area contributed by atoms with Gasteiger partial charge in [0.2, 0.25) is 11.1 Å². The molecule has 1 amide bonds. The van der Waals surface area contributed by atoms with E-state index >= 15 is 0 Å². The molecule has 1 fully saturated rings. The number of nitrogens with one attached hydrogen (secondary N) is 2. The monoisotopic (exact) mass is 380 g/mol. The van der Waals surface area contributed by atoms with Crippen molar-refractivity contribution in [3.8, 4) is 5.75 Å². The third-order valence-electron chi connectivity index (χ3n) is 4.24. The van der Waals surface area contributed by atoms with Gasteiger partial charge in [0, 0.05) is 12.1 Å². The first kappa shape index (κ1) is 18.1. The van der Waals surface area contributed by atoms with E-state index in [2.05, 4.69) is 20.5 Å². The second-order valence-corrected chi connectivity index (χ2v) is 7.46. The van der Waals surface area contributed by atoms with Gasteiger partial charge < -0.3 is 10.1 Å². The van der Waals surface area contributed by atoms with Crippen molar-refractivity contribution >= 4 is 35.0 Å². The van der Waals surface area contributed by atoms with Gasteiger partial charge in [0.05, 0.1) is 17.9 Å². The van der Waals surface area contributed by atoms with E-state index in [1.807, 2.05) is 0 Å². The summed E-state index contributed by atoms with van der Waals surface area (Å²) in [6.45, 7) is 0. The maximum absolute atomic E-state index is 12.1. The molecular weight excluding hydrogens is 360 g/mol. The van der Waals surface area contributed by atoms with E-state index in [-0.39, 0.29) is 11.7 Å². The molecule has 1 aliphatic rings. The number of H-pyrrole nitrogens is 1. The number of methoxy groups -OCH3 is 1. The molecule has 2 aromatic rings. The van der Waals surface area contributed by atoms with Crippen LogP contribution in [0.15, 0.2) is 23.4 Å². The number of anilines is 1. The van der Waals surface area contributed by atoms with E-state index in [1.54, 1.807) is 25.3 Å². The molecule has 0 bridgehead atoms. The summed E-state index contributed by atoms with van der Waals surface area (Å²) in [5.41, 5.74) is 0.633. The molecule has 1 aliphatic carbocycles. The Bertz CT molecular complexity index is 731. The first-order valence-electron chi connectivity index (χ1n) is 8.31. The summed E-state index contributed by atoms with van der Waals surface area (Å²) in [6, 6.07) is 5.13. The van der Waals surface area contributed by atoms with Crippen LogP contribution in [0, 0.1) is 5.92 Å². The minimum Gasteiger partial charge on any atom is -0.495 e. The minimum absolute atomic E-state index is 0.131. The predicted molar refractivity (Wildman–Crippen MR) is 99.4 cm³/mol. The summed E-state index contributed by atoms with van der Waals surface area (Å²) in [5.74, 6) is 2.31. The Morgan fingerprint density at radius 3 is 2.96 bits per heavy atom. The number of aromatic amines is 1. The molecule has 1 aromatic carbocycles. The molecule has 0 aliphatic heterocycles. The lowest BCUT2D eigenvalue weighted by Crippen LogP contribution is -2.14. The molecule has 0 unspecified atom stereocenters. The fourth-order valence-electron chi connectivity index (χ4n) is 2.99. The van der Waals surface area contributed by atoms with Gasteiger partial charge in [-0.15, -0.1) is 5.10 Å². The Labute approximate surface area is 156 Å². The van der Waals surface area contributed by atoms with E-state index in [4.69, 9.17) is 16.3 Å². The molecular formula is C17H21ClN4O2S. The number of hydrogen-bond acceptors (Lipinski definition) is 5. The summed E-state index contributed by atoms with van der Waals surface area (Å²) in [4.78, 5) is 16.5. The normalized spacial score (nSPS) is 14.6. The average Bonchev–Trinajstić information content (AvgIpc) is 3.26. The van der Waals surface area contributed by atoms with Crippen molar-refractivity contribution in [2.45, 2.75) is 37.3 Å². The van der Waals surface area contributed by atoms with Crippen LogP contribution >= 0.6 is 23.4 Å². The zero-order chi connectivity index (χ0) is 17.6. The van der Waals surface area contributed by atoms with Crippen LogP contribution in [-0.2, 0) is 11.2 Å². The Morgan fingerprint density at radius 1 is 1.44 bits per heavy atom. The summed E-state index contributed by atoms with van der Waals surface area (Å²) in [7, 11) is 1.55. The lowest BCUT2D eigenvalue weighted by molar-refractivity contribution is -0.113. The van der Waals surface area contributed by atoms with Crippen LogP contribution in [-0.4, -0.2) is 34.0 Å². The van der Waals surface area contributed by atoms with Crippen LogP contribution in [0.5, 0.6) is 5.75 Å². The van der Waals surface area contributed by atoms with Crippen LogP contribution in [0.2, 0.25) is 5.02 Å². The van der Waals surface area contributed by atoms with Crippen LogP contribution in [0.3, 0.4) is 0 Å². The molecule has 0 spiro atoms. The molecule has 25 heavy (non-hydrogen) atoms. The summed E-state index contributed by atoms with van der Waals surface area (Å²) >= 11 is 7.37. The van der Waals surface area contributed by atoms with Crippen molar-refractivity contribution in [3.63, 3.8) is 0 Å². The number of benzene rings is 1. The maximum Gasteiger partial charge on any atom is 0.234 e. The van der Waals surface area contributed by atoms with Gasteiger partial charge in [-0.05, 0) is 24.1 Å². The number of carbonyl (C=O) groups is 1. The first-order valence-corrected chi connectivity index (χ1v) is 9.68. The predicted octanol–water partition coefficient (Wildman–Crippen LogP) is 3.93. The molecule has 0 atom stereocenters. The van der Waals surface area contributed by atoms with Crippen molar-refractivity contribution < 1.29 is 9.53 Å². The number of hydrogen-bond donors (Lipinski definition) is 2. The lowest BCUT2D eigenvalue weighted by atomic mass is 10.0. The maximum atomic E-state index is 12.1. The lowest BCUT2D eigenvalue weighted by Gasteiger charge is -2.07. The molecule has 0 saturated heterocycles. The van der Waals surface area contributed by atoms with Crippen molar-refractivity contribution in [1.82, 2.24) is 15.2 Å². The number of carbonyl (C=O) groups excluding carboxylic acids is 1.